The van der Waals surface area contributed by atoms with Crippen LogP contribution in [0.15, 0.2) is 16.8 Å². The first kappa shape index (κ1) is 6.34. The van der Waals surface area contributed by atoms with Crippen LogP contribution in [0.1, 0.15) is 11.5 Å². The first-order valence-corrected chi connectivity index (χ1v) is 3.46. The van der Waals surface area contributed by atoms with Gasteiger partial charge in [-0.25, -0.2) is 0 Å². The highest BCUT2D eigenvalue weighted by Crippen LogP contribution is 2.15. The quantitative estimate of drug-likeness (QED) is 0.572. The predicted molar refractivity (Wildman–Crippen MR) is 41.3 cm³/mol. The predicted octanol–water partition coefficient (Wildman–Crippen LogP) is 1.84. The van der Waals surface area contributed by atoms with E-state index in [9.17, 15) is 0 Å². The maximum atomic E-state index is 4.98. The van der Waals surface area contributed by atoms with Crippen molar-refractivity contribution < 1.29 is 4.52 Å². The topological polar surface area (TPSA) is 38.9 Å². The fourth-order valence-electron chi connectivity index (χ4n) is 1.06. The summed E-state index contributed by atoms with van der Waals surface area (Å²) in [4.78, 5) is 4.14. The lowest BCUT2D eigenvalue weighted by atomic mass is 10.2. The van der Waals surface area contributed by atoms with E-state index in [1.165, 1.54) is 0 Å². The second-order valence-corrected chi connectivity index (χ2v) is 2.58. The molecule has 3 nitrogen and oxygen atoms in total. The van der Waals surface area contributed by atoms with E-state index < -0.39 is 0 Å². The molecule has 0 amide bonds. The number of aromatic nitrogens is 2. The van der Waals surface area contributed by atoms with Crippen molar-refractivity contribution in [3.05, 3.63) is 23.7 Å². The second kappa shape index (κ2) is 2.05. The van der Waals surface area contributed by atoms with Gasteiger partial charge in [-0.05, 0) is 19.9 Å². The van der Waals surface area contributed by atoms with E-state index in [4.69, 9.17) is 4.52 Å². The van der Waals surface area contributed by atoms with Gasteiger partial charge in [0.1, 0.15) is 11.3 Å². The molecule has 0 bridgehead atoms. The van der Waals surface area contributed by atoms with Crippen molar-refractivity contribution in [1.82, 2.24) is 10.1 Å². The van der Waals surface area contributed by atoms with Crippen molar-refractivity contribution in [2.24, 2.45) is 0 Å². The molecule has 0 radical (unpaired) electrons. The van der Waals surface area contributed by atoms with Gasteiger partial charge in [-0.3, -0.25) is 4.98 Å². The number of aryl methyl sites for hydroxylation is 2. The maximum Gasteiger partial charge on any atom is 0.143 e. The van der Waals surface area contributed by atoms with Gasteiger partial charge in [0, 0.05) is 11.9 Å². The zero-order chi connectivity index (χ0) is 7.84. The van der Waals surface area contributed by atoms with E-state index in [-0.39, 0.29) is 0 Å². The molecule has 0 unspecified atom stereocenters. The van der Waals surface area contributed by atoms with Crippen LogP contribution in [0.25, 0.3) is 10.9 Å². The van der Waals surface area contributed by atoms with Crippen LogP contribution in [0.5, 0.6) is 0 Å². The van der Waals surface area contributed by atoms with Gasteiger partial charge in [-0.2, -0.15) is 0 Å². The monoisotopic (exact) mass is 148 g/mol. The van der Waals surface area contributed by atoms with Crippen LogP contribution in [0.4, 0.5) is 0 Å². The van der Waals surface area contributed by atoms with Crippen LogP contribution in [-0.4, -0.2) is 10.1 Å². The van der Waals surface area contributed by atoms with E-state index in [2.05, 4.69) is 10.1 Å². The molecule has 2 heterocycles. The standard InChI is InChI=1S/C8H8N2O/c1-5-3-8-7(4-9-5)6(2)11-10-8/h3-4H,1-2H3. The summed E-state index contributed by atoms with van der Waals surface area (Å²) in [6.07, 6.45) is 1.79. The van der Waals surface area contributed by atoms with Gasteiger partial charge < -0.3 is 4.52 Å². The first-order valence-electron chi connectivity index (χ1n) is 3.46. The molecule has 56 valence electrons. The SMILES string of the molecule is Cc1cc2noc(C)c2cn1. The maximum absolute atomic E-state index is 4.98. The zero-order valence-corrected chi connectivity index (χ0v) is 6.46. The number of rotatable bonds is 0. The zero-order valence-electron chi connectivity index (χ0n) is 6.46. The third-order valence-corrected chi connectivity index (χ3v) is 1.68. The molecule has 2 aromatic rings. The minimum Gasteiger partial charge on any atom is -0.360 e. The average Bonchev–Trinajstić information content (AvgIpc) is 2.32. The van der Waals surface area contributed by atoms with E-state index in [0.717, 1.165) is 22.4 Å². The van der Waals surface area contributed by atoms with Crippen LogP contribution in [-0.2, 0) is 0 Å². The summed E-state index contributed by atoms with van der Waals surface area (Å²) in [6.45, 7) is 3.82. The highest BCUT2D eigenvalue weighted by molar-refractivity contribution is 5.79. The molecule has 2 rings (SSSR count). The average molecular weight is 148 g/mol. The molecule has 0 saturated heterocycles. The third kappa shape index (κ3) is 0.888. The van der Waals surface area contributed by atoms with Crippen molar-refractivity contribution in [2.45, 2.75) is 13.8 Å². The Labute approximate surface area is 64.0 Å². The Morgan fingerprint density at radius 3 is 3.00 bits per heavy atom. The fraction of sp³-hybridized carbons (Fsp3) is 0.250. The summed E-state index contributed by atoms with van der Waals surface area (Å²) < 4.78 is 4.98. The lowest BCUT2D eigenvalue weighted by molar-refractivity contribution is 0.405. The molecule has 2 aromatic heterocycles. The lowest BCUT2D eigenvalue weighted by Crippen LogP contribution is -1.78. The minimum atomic E-state index is 0.826. The van der Waals surface area contributed by atoms with E-state index in [0.29, 0.717) is 0 Å². The Hall–Kier alpha value is -1.38. The summed E-state index contributed by atoms with van der Waals surface area (Å²) in [5.74, 6) is 0.826. The van der Waals surface area contributed by atoms with Crippen LogP contribution >= 0.6 is 0 Å². The summed E-state index contributed by atoms with van der Waals surface area (Å²) >= 11 is 0. The lowest BCUT2D eigenvalue weighted by Gasteiger charge is -1.88. The smallest absolute Gasteiger partial charge is 0.143 e. The molecule has 0 aliphatic heterocycles. The van der Waals surface area contributed by atoms with Crippen molar-refractivity contribution in [2.75, 3.05) is 0 Å². The molecular formula is C8H8N2O. The Bertz CT molecular complexity index is 392. The van der Waals surface area contributed by atoms with Crippen LogP contribution in [0, 0.1) is 13.8 Å². The van der Waals surface area contributed by atoms with Gasteiger partial charge in [0.2, 0.25) is 0 Å². The molecule has 0 fully saturated rings. The van der Waals surface area contributed by atoms with Gasteiger partial charge in [-0.15, -0.1) is 0 Å². The molecule has 0 aliphatic carbocycles. The van der Waals surface area contributed by atoms with E-state index >= 15 is 0 Å². The van der Waals surface area contributed by atoms with Gasteiger partial charge >= 0.3 is 0 Å². The molecule has 0 aromatic carbocycles. The summed E-state index contributed by atoms with van der Waals surface area (Å²) in [7, 11) is 0. The molecule has 0 atom stereocenters. The highest BCUT2D eigenvalue weighted by atomic mass is 16.5. The Balaban J connectivity index is 2.86. The molecular weight excluding hydrogens is 140 g/mol. The number of hydrogen-bond donors (Lipinski definition) is 0. The van der Waals surface area contributed by atoms with Crippen molar-refractivity contribution in [3.8, 4) is 0 Å². The fourth-order valence-corrected chi connectivity index (χ4v) is 1.06. The number of hydrogen-bond acceptors (Lipinski definition) is 3. The number of pyridine rings is 1. The highest BCUT2D eigenvalue weighted by Gasteiger charge is 2.02. The van der Waals surface area contributed by atoms with Gasteiger partial charge in [0.25, 0.3) is 0 Å². The molecule has 0 spiro atoms. The van der Waals surface area contributed by atoms with Crippen molar-refractivity contribution in [1.29, 1.82) is 0 Å². The minimum absolute atomic E-state index is 0.826. The van der Waals surface area contributed by atoms with Gasteiger partial charge in [-0.1, -0.05) is 5.16 Å². The first-order chi connectivity index (χ1) is 5.27. The van der Waals surface area contributed by atoms with Crippen molar-refractivity contribution >= 4 is 10.9 Å². The number of fused-ring (bicyclic) bond motifs is 1. The van der Waals surface area contributed by atoms with Crippen LogP contribution in [0.2, 0.25) is 0 Å². The Morgan fingerprint density at radius 1 is 1.36 bits per heavy atom. The largest absolute Gasteiger partial charge is 0.360 e. The molecule has 0 N–H and O–H groups in total. The molecule has 0 aliphatic rings. The van der Waals surface area contributed by atoms with Crippen molar-refractivity contribution in [3.63, 3.8) is 0 Å². The van der Waals surface area contributed by atoms with Gasteiger partial charge in [0.05, 0.1) is 5.39 Å². The van der Waals surface area contributed by atoms with Gasteiger partial charge in [0.15, 0.2) is 0 Å². The normalized spacial score (nSPS) is 10.7. The van der Waals surface area contributed by atoms with Crippen LogP contribution < -0.4 is 0 Å². The summed E-state index contributed by atoms with van der Waals surface area (Å²) in [5, 5.41) is 4.86. The van der Waals surface area contributed by atoms with E-state index in [1.54, 1.807) is 6.20 Å². The van der Waals surface area contributed by atoms with Crippen LogP contribution in [0.3, 0.4) is 0 Å². The second-order valence-electron chi connectivity index (χ2n) is 2.58. The number of nitrogens with zero attached hydrogens (tertiary/aromatic N) is 2. The molecule has 3 heteroatoms. The Morgan fingerprint density at radius 2 is 2.18 bits per heavy atom. The molecule has 11 heavy (non-hydrogen) atoms. The third-order valence-electron chi connectivity index (χ3n) is 1.68. The summed E-state index contributed by atoms with van der Waals surface area (Å²) in [5.41, 5.74) is 1.85. The Kier molecular flexibility index (Phi) is 1.18. The van der Waals surface area contributed by atoms with E-state index in [1.807, 2.05) is 19.9 Å². The molecule has 0 saturated carbocycles. The summed E-state index contributed by atoms with van der Waals surface area (Å²) in [6, 6.07) is 1.91.